The first-order valence-corrected chi connectivity index (χ1v) is 7.91. The largest absolute Gasteiger partial charge is 0.444 e. The van der Waals surface area contributed by atoms with Crippen LogP contribution in [0, 0.1) is 5.82 Å². The van der Waals surface area contributed by atoms with Crippen LogP contribution in [0.25, 0.3) is 0 Å². The number of rotatable bonds is 6. The molecule has 0 heterocycles. The van der Waals surface area contributed by atoms with E-state index in [1.165, 1.54) is 12.1 Å². The van der Waals surface area contributed by atoms with Gasteiger partial charge in [-0.1, -0.05) is 23.7 Å². The van der Waals surface area contributed by atoms with Gasteiger partial charge in [0.2, 0.25) is 5.91 Å². The van der Waals surface area contributed by atoms with E-state index in [2.05, 4.69) is 10.6 Å². The molecule has 134 valence electrons. The second-order valence-electron chi connectivity index (χ2n) is 6.25. The van der Waals surface area contributed by atoms with Gasteiger partial charge in [0.05, 0.1) is 11.1 Å². The summed E-state index contributed by atoms with van der Waals surface area (Å²) >= 11 is 5.67. The third-order valence-corrected chi connectivity index (χ3v) is 3.24. The Morgan fingerprint density at radius 2 is 2.00 bits per heavy atom. The molecule has 2 amide bonds. The van der Waals surface area contributed by atoms with Crippen LogP contribution in [0.3, 0.4) is 0 Å². The van der Waals surface area contributed by atoms with Crippen molar-refractivity contribution in [2.75, 3.05) is 6.54 Å². The minimum Gasteiger partial charge on any atom is -0.444 e. The van der Waals surface area contributed by atoms with Crippen molar-refractivity contribution in [2.45, 2.75) is 45.4 Å². The van der Waals surface area contributed by atoms with Crippen LogP contribution >= 0.6 is 11.6 Å². The minimum atomic E-state index is -0.831. The van der Waals surface area contributed by atoms with Crippen molar-refractivity contribution in [1.82, 2.24) is 10.6 Å². The van der Waals surface area contributed by atoms with Crippen LogP contribution in [-0.4, -0.2) is 30.2 Å². The topological polar surface area (TPSA) is 93.4 Å². The number of ether oxygens (including phenoxy) is 1. The molecule has 0 aliphatic heterocycles. The number of hydrogen-bond donors (Lipinski definition) is 3. The van der Waals surface area contributed by atoms with Crippen molar-refractivity contribution in [2.24, 2.45) is 5.73 Å². The summed E-state index contributed by atoms with van der Waals surface area (Å²) in [4.78, 5) is 23.3. The standard InChI is InChI=1S/C16H23ClFN3O3/c1-16(2,3)24-15(23)20-8-7-12(19)14(22)21-9-10-5-4-6-11(17)13(10)18/h4-6,12H,7-9,19H2,1-3H3,(H,20,23)(H,21,22). The van der Waals surface area contributed by atoms with Crippen molar-refractivity contribution >= 4 is 23.6 Å². The number of nitrogens with two attached hydrogens (primary N) is 1. The third-order valence-electron chi connectivity index (χ3n) is 2.94. The lowest BCUT2D eigenvalue weighted by molar-refractivity contribution is -0.122. The number of carbonyl (C=O) groups is 2. The van der Waals surface area contributed by atoms with E-state index in [-0.39, 0.29) is 30.1 Å². The molecule has 0 radical (unpaired) electrons. The molecule has 6 nitrogen and oxygen atoms in total. The highest BCUT2D eigenvalue weighted by molar-refractivity contribution is 6.30. The molecule has 0 bridgehead atoms. The third kappa shape index (κ3) is 7.14. The zero-order valence-electron chi connectivity index (χ0n) is 14.0. The predicted molar refractivity (Wildman–Crippen MR) is 90.1 cm³/mol. The van der Waals surface area contributed by atoms with Crippen LogP contribution in [0.2, 0.25) is 5.02 Å². The fraction of sp³-hybridized carbons (Fsp3) is 0.500. The number of halogens is 2. The Labute approximate surface area is 145 Å². The van der Waals surface area contributed by atoms with Gasteiger partial charge in [-0.25, -0.2) is 9.18 Å². The van der Waals surface area contributed by atoms with E-state index in [9.17, 15) is 14.0 Å². The lowest BCUT2D eigenvalue weighted by atomic mass is 10.1. The molecule has 0 spiro atoms. The Balaban J connectivity index is 2.35. The average Bonchev–Trinajstić information content (AvgIpc) is 2.46. The maximum atomic E-state index is 13.7. The monoisotopic (exact) mass is 359 g/mol. The van der Waals surface area contributed by atoms with Crippen molar-refractivity contribution in [3.8, 4) is 0 Å². The Morgan fingerprint density at radius 1 is 1.33 bits per heavy atom. The van der Waals surface area contributed by atoms with Crippen LogP contribution in [0.4, 0.5) is 9.18 Å². The SMILES string of the molecule is CC(C)(C)OC(=O)NCCC(N)C(=O)NCc1cccc(Cl)c1F. The van der Waals surface area contributed by atoms with Crippen LogP contribution in [0.5, 0.6) is 0 Å². The molecular weight excluding hydrogens is 337 g/mol. The highest BCUT2D eigenvalue weighted by Crippen LogP contribution is 2.17. The summed E-state index contributed by atoms with van der Waals surface area (Å²) < 4.78 is 18.8. The van der Waals surface area contributed by atoms with Gasteiger partial charge in [0.25, 0.3) is 0 Å². The highest BCUT2D eigenvalue weighted by atomic mass is 35.5. The molecular formula is C16H23ClFN3O3. The number of alkyl carbamates (subject to hydrolysis) is 1. The first-order valence-electron chi connectivity index (χ1n) is 7.53. The fourth-order valence-corrected chi connectivity index (χ4v) is 1.97. The van der Waals surface area contributed by atoms with E-state index < -0.39 is 29.5 Å². The van der Waals surface area contributed by atoms with Crippen LogP contribution in [0.1, 0.15) is 32.8 Å². The van der Waals surface area contributed by atoms with E-state index in [1.54, 1.807) is 26.8 Å². The molecule has 1 aromatic carbocycles. The maximum Gasteiger partial charge on any atom is 0.407 e. The summed E-state index contributed by atoms with van der Waals surface area (Å²) in [6.07, 6.45) is -0.348. The number of benzene rings is 1. The highest BCUT2D eigenvalue weighted by Gasteiger charge is 2.17. The average molecular weight is 360 g/mol. The second kappa shape index (κ2) is 8.84. The number of hydrogen-bond acceptors (Lipinski definition) is 4. The molecule has 0 saturated heterocycles. The molecule has 1 unspecified atom stereocenters. The van der Waals surface area contributed by atoms with Gasteiger partial charge in [0.15, 0.2) is 0 Å². The van der Waals surface area contributed by atoms with Gasteiger partial charge in [-0.3, -0.25) is 4.79 Å². The minimum absolute atomic E-state index is 0.00684. The molecule has 4 N–H and O–H groups in total. The van der Waals surface area contributed by atoms with Crippen LogP contribution < -0.4 is 16.4 Å². The molecule has 0 aromatic heterocycles. The summed E-state index contributed by atoms with van der Waals surface area (Å²) in [5.41, 5.74) is 5.42. The molecule has 0 aliphatic rings. The Kier molecular flexibility index (Phi) is 7.44. The van der Waals surface area contributed by atoms with Gasteiger partial charge in [0, 0.05) is 18.7 Å². The molecule has 0 fully saturated rings. The van der Waals surface area contributed by atoms with E-state index in [4.69, 9.17) is 22.1 Å². The van der Waals surface area contributed by atoms with Crippen molar-refractivity contribution in [3.63, 3.8) is 0 Å². The molecule has 8 heteroatoms. The molecule has 0 aliphatic carbocycles. The molecule has 24 heavy (non-hydrogen) atoms. The van der Waals surface area contributed by atoms with Gasteiger partial charge in [0.1, 0.15) is 11.4 Å². The zero-order valence-corrected chi connectivity index (χ0v) is 14.7. The lowest BCUT2D eigenvalue weighted by Crippen LogP contribution is -2.43. The fourth-order valence-electron chi connectivity index (χ4n) is 1.77. The van der Waals surface area contributed by atoms with Gasteiger partial charge in [-0.15, -0.1) is 0 Å². The van der Waals surface area contributed by atoms with Crippen molar-refractivity contribution in [3.05, 3.63) is 34.6 Å². The Bertz CT molecular complexity index is 590. The smallest absolute Gasteiger partial charge is 0.407 e. The predicted octanol–water partition coefficient (Wildman–Crippen LogP) is 2.34. The normalized spacial score (nSPS) is 12.4. The molecule has 1 rings (SSSR count). The molecule has 1 atom stereocenters. The maximum absolute atomic E-state index is 13.7. The first-order chi connectivity index (χ1) is 11.1. The number of nitrogens with one attached hydrogen (secondary N) is 2. The Morgan fingerprint density at radius 3 is 2.62 bits per heavy atom. The summed E-state index contributed by atoms with van der Waals surface area (Å²) in [5, 5.41) is 5.05. The quantitative estimate of drug-likeness (QED) is 0.726. The van der Waals surface area contributed by atoms with Crippen LogP contribution in [-0.2, 0) is 16.1 Å². The van der Waals surface area contributed by atoms with Crippen LogP contribution in [0.15, 0.2) is 18.2 Å². The van der Waals surface area contributed by atoms with Gasteiger partial charge >= 0.3 is 6.09 Å². The van der Waals surface area contributed by atoms with E-state index in [0.29, 0.717) is 0 Å². The lowest BCUT2D eigenvalue weighted by Gasteiger charge is -2.20. The Hall–Kier alpha value is -1.86. The van der Waals surface area contributed by atoms with Gasteiger partial charge in [-0.05, 0) is 33.3 Å². The number of amides is 2. The van der Waals surface area contributed by atoms with Crippen molar-refractivity contribution in [1.29, 1.82) is 0 Å². The first kappa shape index (κ1) is 20.2. The molecule has 0 saturated carbocycles. The van der Waals surface area contributed by atoms with E-state index in [0.717, 1.165) is 0 Å². The summed E-state index contributed by atoms with van der Waals surface area (Å²) in [5.74, 6) is -1.01. The van der Waals surface area contributed by atoms with E-state index >= 15 is 0 Å². The number of carbonyl (C=O) groups excluding carboxylic acids is 2. The van der Waals surface area contributed by atoms with Gasteiger partial charge < -0.3 is 21.1 Å². The summed E-state index contributed by atoms with van der Waals surface area (Å²) in [6, 6.07) is 3.72. The summed E-state index contributed by atoms with van der Waals surface area (Å²) in [7, 11) is 0. The second-order valence-corrected chi connectivity index (χ2v) is 6.66. The molecule has 1 aromatic rings. The van der Waals surface area contributed by atoms with E-state index in [1.807, 2.05) is 0 Å². The summed E-state index contributed by atoms with van der Waals surface area (Å²) in [6.45, 7) is 5.43. The van der Waals surface area contributed by atoms with Gasteiger partial charge in [-0.2, -0.15) is 0 Å². The van der Waals surface area contributed by atoms with Crippen molar-refractivity contribution < 1.29 is 18.7 Å². The zero-order chi connectivity index (χ0) is 18.3.